The maximum Gasteiger partial charge on any atom is 0.359 e. The van der Waals surface area contributed by atoms with Gasteiger partial charge in [-0.15, -0.1) is 11.5 Å². The number of amides is 1. The Morgan fingerprint density at radius 2 is 2.00 bits per heavy atom. The fourth-order valence-electron chi connectivity index (χ4n) is 4.23. The third-order valence-electron chi connectivity index (χ3n) is 6.14. The summed E-state index contributed by atoms with van der Waals surface area (Å²) in [6, 6.07) is 3.70. The van der Waals surface area contributed by atoms with Crippen molar-refractivity contribution >= 4 is 33.4 Å². The topological polar surface area (TPSA) is 181 Å². The van der Waals surface area contributed by atoms with Crippen molar-refractivity contribution in [2.45, 2.75) is 42.7 Å². The zero-order valence-electron chi connectivity index (χ0n) is 18.8. The molecule has 0 spiro atoms. The molecule has 1 aromatic heterocycles. The Labute approximate surface area is 204 Å². The van der Waals surface area contributed by atoms with Gasteiger partial charge in [0.15, 0.2) is 28.2 Å². The molecule has 3 atom stereocenters. The zero-order valence-corrected chi connectivity index (χ0v) is 19.6. The Hall–Kier alpha value is -4.32. The third-order valence-corrected chi connectivity index (χ3v) is 8.90. The van der Waals surface area contributed by atoms with E-state index in [1.807, 2.05) is 0 Å². The van der Waals surface area contributed by atoms with Crippen molar-refractivity contribution in [3.8, 4) is 12.3 Å². The Balaban J connectivity index is 1.61. The molecule has 2 aromatic rings. The summed E-state index contributed by atoms with van der Waals surface area (Å²) in [5.41, 5.74) is 0.0658. The second-order valence-corrected chi connectivity index (χ2v) is 10.9. The van der Waals surface area contributed by atoms with Gasteiger partial charge in [0, 0.05) is 12.1 Å². The van der Waals surface area contributed by atoms with Crippen LogP contribution in [-0.4, -0.2) is 73.9 Å². The van der Waals surface area contributed by atoms with Gasteiger partial charge >= 0.3 is 11.9 Å². The average Bonchev–Trinajstić information content (AvgIpc) is 3.34. The molecule has 0 unspecified atom stereocenters. The van der Waals surface area contributed by atoms with Crippen molar-refractivity contribution in [1.82, 2.24) is 19.9 Å². The number of β-lactam (4-membered cyclic amide) rings is 1. The first-order valence-electron chi connectivity index (χ1n) is 10.4. The first kappa shape index (κ1) is 24.8. The van der Waals surface area contributed by atoms with Crippen LogP contribution in [0.2, 0.25) is 0 Å². The van der Waals surface area contributed by atoms with Gasteiger partial charge in [0.05, 0.1) is 24.1 Å². The van der Waals surface area contributed by atoms with E-state index in [1.165, 1.54) is 31.2 Å². The maximum absolute atomic E-state index is 13.4. The van der Waals surface area contributed by atoms with Gasteiger partial charge in [-0.2, -0.15) is 0 Å². The lowest BCUT2D eigenvalue weighted by molar-refractivity contribution is -0.384. The number of hydrogen-bond acceptors (Lipinski definition) is 11. The van der Waals surface area contributed by atoms with E-state index in [0.717, 1.165) is 15.8 Å². The van der Waals surface area contributed by atoms with Crippen LogP contribution in [0.4, 0.5) is 5.69 Å². The molecule has 0 radical (unpaired) electrons. The molecule has 4 rings (SSSR count). The number of benzene rings is 1. The van der Waals surface area contributed by atoms with Crippen LogP contribution in [0.3, 0.4) is 0 Å². The van der Waals surface area contributed by atoms with Crippen molar-refractivity contribution in [1.29, 1.82) is 0 Å². The minimum absolute atomic E-state index is 0.155. The molecule has 0 aliphatic carbocycles. The number of rotatable bonds is 8. The smallest absolute Gasteiger partial charge is 0.359 e. The Morgan fingerprint density at radius 3 is 2.61 bits per heavy atom. The number of nitro groups is 1. The van der Waals surface area contributed by atoms with E-state index in [1.54, 1.807) is 0 Å². The number of nitrogens with zero attached hydrogens (tertiary/aromatic N) is 5. The van der Waals surface area contributed by atoms with Crippen LogP contribution in [0.15, 0.2) is 30.5 Å². The quantitative estimate of drug-likeness (QED) is 0.149. The van der Waals surface area contributed by atoms with Crippen LogP contribution in [-0.2, 0) is 42.1 Å². The standard InChI is InChI=1S/C21H19N5O9S/c1-3-8-34-19(28)15-10-22-23-24(15)12-21(2)18(25-16(27)9-17(25)36(21,32)33)20(29)35-11-13-4-6-14(7-5-13)26(30)31/h1,4-7,10,17-18H,8-9,11-12H2,2H3/t17-,18+,21+/m1/s1. The van der Waals surface area contributed by atoms with Gasteiger partial charge in [-0.05, 0) is 24.6 Å². The normalized spacial score (nSPS) is 23.8. The van der Waals surface area contributed by atoms with Crippen LogP contribution in [0.5, 0.6) is 0 Å². The second kappa shape index (κ2) is 9.04. The molecular formula is C21H19N5O9S. The number of esters is 2. The lowest BCUT2D eigenvalue weighted by Crippen LogP contribution is -2.58. The summed E-state index contributed by atoms with van der Waals surface area (Å²) in [5.74, 6) is -0.305. The molecule has 0 bridgehead atoms. The summed E-state index contributed by atoms with van der Waals surface area (Å²) in [4.78, 5) is 49.0. The number of terminal acetylenes is 1. The van der Waals surface area contributed by atoms with Crippen LogP contribution in [0.1, 0.15) is 29.4 Å². The lowest BCUT2D eigenvalue weighted by Gasteiger charge is -2.36. The number of hydrogen-bond donors (Lipinski definition) is 0. The summed E-state index contributed by atoms with van der Waals surface area (Å²) < 4.78 is 36.1. The van der Waals surface area contributed by atoms with E-state index in [9.17, 15) is 32.9 Å². The van der Waals surface area contributed by atoms with Gasteiger partial charge in [-0.3, -0.25) is 14.9 Å². The van der Waals surface area contributed by atoms with Crippen LogP contribution < -0.4 is 0 Å². The van der Waals surface area contributed by atoms with E-state index in [2.05, 4.69) is 16.2 Å². The van der Waals surface area contributed by atoms with E-state index in [4.69, 9.17) is 15.9 Å². The molecule has 2 aliphatic rings. The second-order valence-electron chi connectivity index (χ2n) is 8.31. The van der Waals surface area contributed by atoms with Crippen molar-refractivity contribution in [2.75, 3.05) is 6.61 Å². The third kappa shape index (κ3) is 3.94. The number of non-ortho nitro benzene ring substituents is 1. The minimum atomic E-state index is -4.13. The largest absolute Gasteiger partial charge is 0.459 e. The molecule has 2 fully saturated rings. The first-order valence-corrected chi connectivity index (χ1v) is 12.0. The van der Waals surface area contributed by atoms with Gasteiger partial charge in [-0.25, -0.2) is 22.7 Å². The minimum Gasteiger partial charge on any atom is -0.459 e. The van der Waals surface area contributed by atoms with E-state index >= 15 is 0 Å². The summed E-state index contributed by atoms with van der Waals surface area (Å²) in [7, 11) is -4.13. The van der Waals surface area contributed by atoms with Gasteiger partial charge in [-0.1, -0.05) is 11.1 Å². The van der Waals surface area contributed by atoms with Crippen LogP contribution >= 0.6 is 0 Å². The van der Waals surface area contributed by atoms with Crippen LogP contribution in [0, 0.1) is 22.5 Å². The number of carbonyl (C=O) groups is 3. The molecule has 36 heavy (non-hydrogen) atoms. The van der Waals surface area contributed by atoms with Gasteiger partial charge in [0.2, 0.25) is 5.91 Å². The lowest BCUT2D eigenvalue weighted by atomic mass is 9.96. The van der Waals surface area contributed by atoms with Gasteiger partial charge < -0.3 is 14.4 Å². The summed E-state index contributed by atoms with van der Waals surface area (Å²) in [5, 5.41) is 17.0. The molecule has 2 saturated heterocycles. The fourth-order valence-corrected chi connectivity index (χ4v) is 6.57. The number of ether oxygens (including phenoxy) is 2. The molecule has 2 aliphatic heterocycles. The van der Waals surface area contributed by atoms with Crippen molar-refractivity contribution < 1.29 is 37.2 Å². The van der Waals surface area contributed by atoms with Crippen molar-refractivity contribution in [2.24, 2.45) is 0 Å². The molecule has 188 valence electrons. The molecule has 1 aromatic carbocycles. The molecule has 3 heterocycles. The first-order chi connectivity index (χ1) is 17.0. The van der Waals surface area contributed by atoms with Gasteiger partial charge in [0.25, 0.3) is 5.69 Å². The number of carbonyl (C=O) groups excluding carboxylic acids is 3. The summed E-state index contributed by atoms with van der Waals surface area (Å²) in [6.45, 7) is 0.113. The number of sulfone groups is 1. The zero-order chi connectivity index (χ0) is 26.3. The molecule has 0 saturated carbocycles. The average molecular weight is 517 g/mol. The highest BCUT2D eigenvalue weighted by Crippen LogP contribution is 2.47. The number of fused-ring (bicyclic) bond motifs is 1. The SMILES string of the molecule is C#CCOC(=O)c1cnnn1C[C@@]1(C)[C@H](C(=O)OCc2ccc([N+](=O)[O-])cc2)N2C(=O)C[C@H]2S1(=O)=O. The fraction of sp³-hybridized carbons (Fsp3) is 0.381. The predicted molar refractivity (Wildman–Crippen MR) is 118 cm³/mol. The van der Waals surface area contributed by atoms with Gasteiger partial charge in [0.1, 0.15) is 16.7 Å². The van der Waals surface area contributed by atoms with E-state index < -0.39 is 55.3 Å². The Morgan fingerprint density at radius 1 is 1.31 bits per heavy atom. The molecule has 1 amide bonds. The summed E-state index contributed by atoms with van der Waals surface area (Å²) in [6.07, 6.45) is 5.85. The predicted octanol–water partition coefficient (Wildman–Crippen LogP) is -0.166. The van der Waals surface area contributed by atoms with Crippen molar-refractivity contribution in [3.63, 3.8) is 0 Å². The van der Waals surface area contributed by atoms with E-state index in [0.29, 0.717) is 5.56 Å². The molecule has 0 N–H and O–H groups in total. The highest BCUT2D eigenvalue weighted by Gasteiger charge is 2.70. The van der Waals surface area contributed by atoms with Crippen molar-refractivity contribution in [3.05, 3.63) is 51.8 Å². The summed E-state index contributed by atoms with van der Waals surface area (Å²) >= 11 is 0. The number of nitro benzene ring substituents is 1. The van der Waals surface area contributed by atoms with E-state index in [-0.39, 0.29) is 31.0 Å². The Bertz CT molecular complexity index is 1400. The number of aromatic nitrogens is 3. The molecular weight excluding hydrogens is 498 g/mol. The maximum atomic E-state index is 13.4. The molecule has 15 heteroatoms. The Kier molecular flexibility index (Phi) is 6.23. The monoisotopic (exact) mass is 517 g/mol. The van der Waals surface area contributed by atoms with Crippen LogP contribution in [0.25, 0.3) is 0 Å². The highest BCUT2D eigenvalue weighted by molar-refractivity contribution is 7.93. The highest BCUT2D eigenvalue weighted by atomic mass is 32.2. The molecule has 14 nitrogen and oxygen atoms in total.